The average molecular weight is 338 g/mol. The van der Waals surface area contributed by atoms with Gasteiger partial charge in [-0.2, -0.15) is 15.3 Å². The van der Waals surface area contributed by atoms with E-state index in [2.05, 4.69) is 62.3 Å². The predicted octanol–water partition coefficient (Wildman–Crippen LogP) is 2.98. The Morgan fingerprint density at radius 1 is 0.480 bits per heavy atom. The van der Waals surface area contributed by atoms with E-state index in [0.717, 1.165) is 34.2 Å². The first kappa shape index (κ1) is 17.5. The summed E-state index contributed by atoms with van der Waals surface area (Å²) in [4.78, 5) is 0. The number of hydrogen-bond acceptors (Lipinski definition) is 3. The Kier molecular flexibility index (Phi) is 4.13. The minimum absolute atomic E-state index is 0.243. The van der Waals surface area contributed by atoms with Gasteiger partial charge < -0.3 is 0 Å². The Balaban J connectivity index is 2.34. The van der Waals surface area contributed by atoms with Crippen LogP contribution in [0.4, 0.5) is 0 Å². The fraction of sp³-hybridized carbons (Fsp3) is 0.500. The molecule has 6 nitrogen and oxygen atoms in total. The molecule has 0 N–H and O–H groups in total. The normalized spacial score (nSPS) is 11.4. The highest BCUT2D eigenvalue weighted by Gasteiger charge is 2.34. The van der Waals surface area contributed by atoms with E-state index in [0.29, 0.717) is 0 Å². The zero-order chi connectivity index (χ0) is 18.6. The fourth-order valence-corrected chi connectivity index (χ4v) is 3.22. The second kappa shape index (κ2) is 5.90. The predicted molar refractivity (Wildman–Crippen MR) is 101 cm³/mol. The minimum Gasteiger partial charge on any atom is -0.265 e. The number of aromatic nitrogens is 6. The van der Waals surface area contributed by atoms with E-state index < -0.39 is 0 Å². The Morgan fingerprint density at radius 3 is 0.880 bits per heavy atom. The molecule has 0 aromatic carbocycles. The van der Waals surface area contributed by atoms with E-state index in [1.54, 1.807) is 0 Å². The van der Waals surface area contributed by atoms with Gasteiger partial charge in [0.05, 0.1) is 17.1 Å². The molecule has 25 heavy (non-hydrogen) atoms. The molecule has 0 spiro atoms. The molecule has 0 radical (unpaired) electrons. The molecule has 3 aromatic heterocycles. The largest absolute Gasteiger partial charge is 0.569 e. The van der Waals surface area contributed by atoms with E-state index in [4.69, 9.17) is 15.3 Å². The van der Waals surface area contributed by atoms with Crippen LogP contribution in [0.25, 0.3) is 0 Å². The number of rotatable bonds is 3. The van der Waals surface area contributed by atoms with Crippen LogP contribution >= 0.6 is 0 Å². The van der Waals surface area contributed by atoms with E-state index in [-0.39, 0.29) is 7.12 Å². The first-order valence-electron chi connectivity index (χ1n) is 8.72. The smallest absolute Gasteiger partial charge is 0.265 e. The second-order valence-electron chi connectivity index (χ2n) is 7.07. The van der Waals surface area contributed by atoms with E-state index >= 15 is 0 Å². The molecular formula is C18H27BN6. The third kappa shape index (κ3) is 2.53. The maximum absolute atomic E-state index is 4.82. The van der Waals surface area contributed by atoms with Crippen molar-refractivity contribution in [3.05, 3.63) is 50.9 Å². The highest BCUT2D eigenvalue weighted by atomic mass is 15.5. The molecule has 0 atom stereocenters. The van der Waals surface area contributed by atoms with Crippen molar-refractivity contribution in [2.45, 2.75) is 62.3 Å². The Hall–Kier alpha value is -2.31. The van der Waals surface area contributed by atoms with Gasteiger partial charge in [-0.3, -0.25) is 13.8 Å². The van der Waals surface area contributed by atoms with Crippen LogP contribution in [0.3, 0.4) is 0 Å². The van der Waals surface area contributed by atoms with Gasteiger partial charge in [0.1, 0.15) is 0 Å². The van der Waals surface area contributed by atoms with Gasteiger partial charge in [-0.15, -0.1) is 0 Å². The van der Waals surface area contributed by atoms with Gasteiger partial charge in [-0.05, 0) is 79.0 Å². The molecule has 3 rings (SSSR count). The molecule has 132 valence electrons. The Labute approximate surface area is 150 Å². The lowest BCUT2D eigenvalue weighted by atomic mass is 9.92. The fourth-order valence-electron chi connectivity index (χ4n) is 3.22. The molecule has 7 heteroatoms. The molecule has 3 aromatic rings. The van der Waals surface area contributed by atoms with E-state index in [9.17, 15) is 0 Å². The number of aryl methyl sites for hydroxylation is 3. The summed E-state index contributed by atoms with van der Waals surface area (Å²) in [5.74, 6) is 0. The molecule has 0 aliphatic rings. The molecular weight excluding hydrogens is 311 g/mol. The van der Waals surface area contributed by atoms with Crippen molar-refractivity contribution in [2.75, 3.05) is 0 Å². The lowest BCUT2D eigenvalue weighted by molar-refractivity contribution is 0.729. The van der Waals surface area contributed by atoms with Crippen molar-refractivity contribution in [1.29, 1.82) is 0 Å². The van der Waals surface area contributed by atoms with Crippen molar-refractivity contribution >= 4 is 7.12 Å². The monoisotopic (exact) mass is 338 g/mol. The SMILES string of the molecule is Cc1nn(B(n2nc(C)c(C)c2C)n2nc(C)c(C)c2C)c(C)c1C. The summed E-state index contributed by atoms with van der Waals surface area (Å²) in [7, 11) is -0.243. The standard InChI is InChI=1S/C18H27BN6/c1-10-13(4)20-23(16(10)7)19(24-17(8)11(2)14(5)21-24)25-18(9)12(3)15(6)22-25/h1-9H3. The third-order valence-electron chi connectivity index (χ3n) is 5.72. The molecule has 0 saturated heterocycles. The van der Waals surface area contributed by atoms with Gasteiger partial charge in [0.25, 0.3) is 0 Å². The molecule has 0 saturated carbocycles. The zero-order valence-corrected chi connectivity index (χ0v) is 16.8. The highest BCUT2D eigenvalue weighted by molar-refractivity contribution is 6.53. The maximum Gasteiger partial charge on any atom is 0.569 e. The molecule has 0 bridgehead atoms. The second-order valence-corrected chi connectivity index (χ2v) is 7.07. The van der Waals surface area contributed by atoms with Gasteiger partial charge in [-0.1, -0.05) is 0 Å². The molecule has 0 unspecified atom stereocenters. The van der Waals surface area contributed by atoms with Gasteiger partial charge in [0.2, 0.25) is 0 Å². The van der Waals surface area contributed by atoms with Crippen molar-refractivity contribution < 1.29 is 0 Å². The molecule has 0 fully saturated rings. The van der Waals surface area contributed by atoms with Crippen LogP contribution < -0.4 is 0 Å². The quantitative estimate of drug-likeness (QED) is 0.690. The minimum atomic E-state index is -0.243. The lowest BCUT2D eigenvalue weighted by Crippen LogP contribution is -2.45. The number of hydrogen-bond donors (Lipinski definition) is 0. The summed E-state index contributed by atoms with van der Waals surface area (Å²) >= 11 is 0. The maximum atomic E-state index is 4.82. The molecule has 0 aliphatic heterocycles. The van der Waals surface area contributed by atoms with Crippen LogP contribution in [0.2, 0.25) is 0 Å². The zero-order valence-electron chi connectivity index (χ0n) is 16.8. The van der Waals surface area contributed by atoms with Crippen molar-refractivity contribution in [3.63, 3.8) is 0 Å². The summed E-state index contributed by atoms with van der Waals surface area (Å²) in [5.41, 5.74) is 10.2. The van der Waals surface area contributed by atoms with E-state index in [1.165, 1.54) is 16.7 Å². The molecule has 3 heterocycles. The Bertz CT molecular complexity index is 835. The van der Waals surface area contributed by atoms with Gasteiger partial charge in [0, 0.05) is 17.1 Å². The molecule has 0 amide bonds. The van der Waals surface area contributed by atoms with Crippen LogP contribution in [-0.4, -0.2) is 36.2 Å². The van der Waals surface area contributed by atoms with Gasteiger partial charge in [0.15, 0.2) is 0 Å². The van der Waals surface area contributed by atoms with Crippen LogP contribution in [0.1, 0.15) is 50.9 Å². The molecule has 0 aliphatic carbocycles. The van der Waals surface area contributed by atoms with Crippen LogP contribution in [-0.2, 0) is 0 Å². The van der Waals surface area contributed by atoms with Crippen molar-refractivity contribution in [3.8, 4) is 0 Å². The topological polar surface area (TPSA) is 53.5 Å². The highest BCUT2D eigenvalue weighted by Crippen LogP contribution is 2.19. The summed E-state index contributed by atoms with van der Waals surface area (Å²) in [6.45, 7) is 18.8. The first-order valence-corrected chi connectivity index (χ1v) is 8.72. The summed E-state index contributed by atoms with van der Waals surface area (Å²) in [5, 5.41) is 14.5. The summed E-state index contributed by atoms with van der Waals surface area (Å²) in [6.07, 6.45) is 0. The van der Waals surface area contributed by atoms with Crippen LogP contribution in [0.5, 0.6) is 0 Å². The first-order chi connectivity index (χ1) is 11.6. The summed E-state index contributed by atoms with van der Waals surface area (Å²) < 4.78 is 6.13. The third-order valence-corrected chi connectivity index (χ3v) is 5.72. The number of nitrogens with zero attached hydrogens (tertiary/aromatic N) is 6. The van der Waals surface area contributed by atoms with Crippen molar-refractivity contribution in [1.82, 2.24) is 29.1 Å². The van der Waals surface area contributed by atoms with E-state index in [1.807, 2.05) is 13.8 Å². The van der Waals surface area contributed by atoms with Gasteiger partial charge >= 0.3 is 7.12 Å². The lowest BCUT2D eigenvalue weighted by Gasteiger charge is -2.19. The van der Waals surface area contributed by atoms with Crippen LogP contribution in [0.15, 0.2) is 0 Å². The van der Waals surface area contributed by atoms with Crippen LogP contribution in [0, 0.1) is 62.3 Å². The Morgan fingerprint density at radius 2 is 0.720 bits per heavy atom. The van der Waals surface area contributed by atoms with Crippen molar-refractivity contribution in [2.24, 2.45) is 0 Å². The summed E-state index contributed by atoms with van der Waals surface area (Å²) in [6, 6.07) is 0. The average Bonchev–Trinajstić information content (AvgIpc) is 3.08. The van der Waals surface area contributed by atoms with Gasteiger partial charge in [-0.25, -0.2) is 0 Å².